The number of anilines is 1. The van der Waals surface area contributed by atoms with Crippen LogP contribution in [0.3, 0.4) is 0 Å². The summed E-state index contributed by atoms with van der Waals surface area (Å²) < 4.78 is 0. The Morgan fingerprint density at radius 3 is 3.00 bits per heavy atom. The molecule has 0 saturated heterocycles. The maximum atomic E-state index is 5.98. The molecule has 0 aliphatic rings. The maximum Gasteiger partial charge on any atom is 0.225 e. The second-order valence-corrected chi connectivity index (χ2v) is 7.07. The second-order valence-electron chi connectivity index (χ2n) is 4.57. The Labute approximate surface area is 129 Å². The van der Waals surface area contributed by atoms with Crippen LogP contribution in [0.2, 0.25) is 5.28 Å². The summed E-state index contributed by atoms with van der Waals surface area (Å²) in [4.78, 5) is 15.0. The molecular weight excluding hydrogens is 312 g/mol. The summed E-state index contributed by atoms with van der Waals surface area (Å²) in [6.45, 7) is 4.97. The van der Waals surface area contributed by atoms with Crippen LogP contribution in [0.5, 0.6) is 0 Å². The lowest BCUT2D eigenvalue weighted by molar-refractivity contribution is 0.792. The summed E-state index contributed by atoms with van der Waals surface area (Å²) in [7, 11) is 0. The second kappa shape index (κ2) is 5.63. The van der Waals surface area contributed by atoms with Gasteiger partial charge in [-0.2, -0.15) is 0 Å². The molecule has 0 fully saturated rings. The molecule has 3 aromatic rings. The van der Waals surface area contributed by atoms with Crippen molar-refractivity contribution in [3.05, 3.63) is 32.8 Å². The molecule has 3 heterocycles. The van der Waals surface area contributed by atoms with Gasteiger partial charge in [-0.15, -0.1) is 22.7 Å². The lowest BCUT2D eigenvalue weighted by Crippen LogP contribution is -2.11. The number of hydrogen-bond acceptors (Lipinski definition) is 6. The highest BCUT2D eigenvalue weighted by Gasteiger charge is 2.12. The van der Waals surface area contributed by atoms with Gasteiger partial charge in [0, 0.05) is 28.9 Å². The molecule has 0 aliphatic heterocycles. The van der Waals surface area contributed by atoms with Gasteiger partial charge in [-0.05, 0) is 24.6 Å². The van der Waals surface area contributed by atoms with E-state index in [0.717, 1.165) is 27.6 Å². The van der Waals surface area contributed by atoms with Gasteiger partial charge in [0.1, 0.15) is 10.6 Å². The average Bonchev–Trinajstić information content (AvgIpc) is 3.03. The maximum absolute atomic E-state index is 5.98. The first kappa shape index (κ1) is 13.7. The quantitative estimate of drug-likeness (QED) is 0.726. The number of rotatable bonds is 4. The van der Waals surface area contributed by atoms with Crippen molar-refractivity contribution in [1.29, 1.82) is 0 Å². The van der Waals surface area contributed by atoms with E-state index in [0.29, 0.717) is 5.92 Å². The molecule has 0 aliphatic carbocycles. The van der Waals surface area contributed by atoms with Crippen molar-refractivity contribution < 1.29 is 0 Å². The molecule has 0 aromatic carbocycles. The highest BCUT2D eigenvalue weighted by atomic mass is 35.5. The fraction of sp³-hybridized carbons (Fsp3) is 0.308. The van der Waals surface area contributed by atoms with E-state index < -0.39 is 0 Å². The summed E-state index contributed by atoms with van der Waals surface area (Å²) in [6.07, 6.45) is 1.83. The standard InChI is InChI=1S/C13H13ClN4S2/c1-7(11-15-3-4-19-11)6-16-10-9-5-8(2)20-12(9)18-13(14)17-10/h3-5,7H,6H2,1-2H3,(H,16,17,18). The van der Waals surface area contributed by atoms with E-state index in [1.54, 1.807) is 22.7 Å². The number of nitrogens with zero attached hydrogens (tertiary/aromatic N) is 3. The van der Waals surface area contributed by atoms with Crippen molar-refractivity contribution in [2.75, 3.05) is 11.9 Å². The monoisotopic (exact) mass is 324 g/mol. The fourth-order valence-electron chi connectivity index (χ4n) is 1.97. The summed E-state index contributed by atoms with van der Waals surface area (Å²) in [5.41, 5.74) is 0. The van der Waals surface area contributed by atoms with E-state index in [-0.39, 0.29) is 5.28 Å². The fourth-order valence-corrected chi connectivity index (χ4v) is 3.76. The predicted molar refractivity (Wildman–Crippen MR) is 86.2 cm³/mol. The van der Waals surface area contributed by atoms with Crippen LogP contribution < -0.4 is 5.32 Å². The third-order valence-electron chi connectivity index (χ3n) is 2.94. The molecule has 0 radical (unpaired) electrons. The van der Waals surface area contributed by atoms with Crippen molar-refractivity contribution in [3.63, 3.8) is 0 Å². The smallest absolute Gasteiger partial charge is 0.225 e. The van der Waals surface area contributed by atoms with Crippen molar-refractivity contribution in [2.24, 2.45) is 0 Å². The van der Waals surface area contributed by atoms with Crippen LogP contribution >= 0.6 is 34.3 Å². The summed E-state index contributed by atoms with van der Waals surface area (Å²) in [6, 6.07) is 2.09. The third kappa shape index (κ3) is 2.77. The Morgan fingerprint density at radius 2 is 2.25 bits per heavy atom. The highest BCUT2D eigenvalue weighted by Crippen LogP contribution is 2.30. The molecule has 3 aromatic heterocycles. The van der Waals surface area contributed by atoms with E-state index in [9.17, 15) is 0 Å². The SMILES string of the molecule is Cc1cc2c(NCC(C)c3nccs3)nc(Cl)nc2s1. The molecule has 1 unspecified atom stereocenters. The largest absolute Gasteiger partial charge is 0.369 e. The molecular formula is C13H13ClN4S2. The first-order valence-electron chi connectivity index (χ1n) is 6.20. The molecule has 3 rings (SSSR count). The molecule has 1 N–H and O–H groups in total. The Hall–Kier alpha value is -1.24. The van der Waals surface area contributed by atoms with Crippen LogP contribution in [0.15, 0.2) is 17.6 Å². The number of thiazole rings is 1. The zero-order valence-electron chi connectivity index (χ0n) is 11.1. The molecule has 0 bridgehead atoms. The zero-order chi connectivity index (χ0) is 14.1. The van der Waals surface area contributed by atoms with Crippen molar-refractivity contribution in [2.45, 2.75) is 19.8 Å². The van der Waals surface area contributed by atoms with Gasteiger partial charge in [-0.3, -0.25) is 0 Å². The van der Waals surface area contributed by atoms with Gasteiger partial charge in [-0.1, -0.05) is 6.92 Å². The van der Waals surface area contributed by atoms with Crippen LogP contribution in [0.4, 0.5) is 5.82 Å². The van der Waals surface area contributed by atoms with Crippen LogP contribution in [-0.2, 0) is 0 Å². The normalized spacial score (nSPS) is 12.8. The van der Waals surface area contributed by atoms with Gasteiger partial charge in [0.25, 0.3) is 0 Å². The Bertz CT molecular complexity index is 723. The van der Waals surface area contributed by atoms with Gasteiger partial charge in [0.2, 0.25) is 5.28 Å². The van der Waals surface area contributed by atoms with Crippen LogP contribution in [0.25, 0.3) is 10.2 Å². The van der Waals surface area contributed by atoms with E-state index >= 15 is 0 Å². The van der Waals surface area contributed by atoms with Crippen molar-refractivity contribution >= 4 is 50.3 Å². The minimum Gasteiger partial charge on any atom is -0.369 e. The number of aryl methyl sites for hydroxylation is 1. The van der Waals surface area contributed by atoms with Crippen molar-refractivity contribution in [1.82, 2.24) is 15.0 Å². The summed E-state index contributed by atoms with van der Waals surface area (Å²) in [5, 5.41) is 7.79. The molecule has 104 valence electrons. The van der Waals surface area contributed by atoms with Gasteiger partial charge < -0.3 is 5.32 Å². The minimum atomic E-state index is 0.281. The molecule has 1 atom stereocenters. The van der Waals surface area contributed by atoms with E-state index in [4.69, 9.17) is 11.6 Å². The molecule has 4 nitrogen and oxygen atoms in total. The lowest BCUT2D eigenvalue weighted by Gasteiger charge is -2.11. The highest BCUT2D eigenvalue weighted by molar-refractivity contribution is 7.18. The number of thiophene rings is 1. The number of nitrogens with one attached hydrogen (secondary N) is 1. The first-order chi connectivity index (χ1) is 9.63. The first-order valence-corrected chi connectivity index (χ1v) is 8.28. The molecule has 0 spiro atoms. The average molecular weight is 325 g/mol. The van der Waals surface area contributed by atoms with E-state index in [1.165, 1.54) is 4.88 Å². The van der Waals surface area contributed by atoms with Crippen molar-refractivity contribution in [3.8, 4) is 0 Å². The van der Waals surface area contributed by atoms with Crippen LogP contribution in [-0.4, -0.2) is 21.5 Å². The minimum absolute atomic E-state index is 0.281. The number of aromatic nitrogens is 3. The van der Waals surface area contributed by atoms with Gasteiger partial charge >= 0.3 is 0 Å². The number of fused-ring (bicyclic) bond motifs is 1. The van der Waals surface area contributed by atoms with Gasteiger partial charge in [0.15, 0.2) is 0 Å². The van der Waals surface area contributed by atoms with Crippen LogP contribution in [0.1, 0.15) is 22.7 Å². The Balaban J connectivity index is 1.83. The van der Waals surface area contributed by atoms with Gasteiger partial charge in [0.05, 0.1) is 10.4 Å². The predicted octanol–water partition coefficient (Wildman–Crippen LogP) is 4.33. The summed E-state index contributed by atoms with van der Waals surface area (Å²) >= 11 is 9.28. The molecule has 20 heavy (non-hydrogen) atoms. The van der Waals surface area contributed by atoms with Crippen LogP contribution in [0, 0.1) is 6.92 Å². The molecule has 0 amide bonds. The zero-order valence-corrected chi connectivity index (χ0v) is 13.4. The summed E-state index contributed by atoms with van der Waals surface area (Å²) in [5.74, 6) is 1.13. The number of hydrogen-bond donors (Lipinski definition) is 1. The molecule has 0 saturated carbocycles. The third-order valence-corrected chi connectivity index (χ3v) is 5.06. The Kier molecular flexibility index (Phi) is 3.87. The number of halogens is 1. The molecule has 7 heteroatoms. The topological polar surface area (TPSA) is 50.7 Å². The lowest BCUT2D eigenvalue weighted by atomic mass is 10.2. The van der Waals surface area contributed by atoms with Gasteiger partial charge in [-0.25, -0.2) is 15.0 Å². The Morgan fingerprint density at radius 1 is 1.40 bits per heavy atom. The van der Waals surface area contributed by atoms with E-state index in [1.807, 2.05) is 11.6 Å². The van der Waals surface area contributed by atoms with E-state index in [2.05, 4.69) is 40.2 Å².